The molecule has 2 heteroatoms. The molecule has 2 rings (SSSR count). The van der Waals surface area contributed by atoms with Gasteiger partial charge in [0.1, 0.15) is 0 Å². The Bertz CT molecular complexity index is 333. The average Bonchev–Trinajstić information content (AvgIpc) is 2.28. The van der Waals surface area contributed by atoms with E-state index in [-0.39, 0.29) is 19.3 Å². The fraction of sp³-hybridized carbons (Fsp3) is 0.417. The fourth-order valence-corrected chi connectivity index (χ4v) is 1.62. The molecule has 1 heterocycles. The van der Waals surface area contributed by atoms with Crippen LogP contribution in [0.3, 0.4) is 0 Å². The van der Waals surface area contributed by atoms with Crippen LogP contribution in [0.2, 0.25) is 0 Å². The van der Waals surface area contributed by atoms with Gasteiger partial charge in [0.15, 0.2) is 0 Å². The molecule has 0 spiro atoms. The highest BCUT2D eigenvalue weighted by Crippen LogP contribution is 2.23. The van der Waals surface area contributed by atoms with Gasteiger partial charge in [-0.2, -0.15) is 0 Å². The van der Waals surface area contributed by atoms with Crippen LogP contribution >= 0.6 is 0 Å². The normalized spacial score (nSPS) is 20.1. The van der Waals surface area contributed by atoms with Gasteiger partial charge in [0.05, 0.1) is 0 Å². The number of fused-ring (bicyclic) bond motifs is 1. The largest absolute Gasteiger partial charge is 0.326 e. The van der Waals surface area contributed by atoms with E-state index in [1.54, 1.807) is 0 Å². The molecular formula is C12H17NO. The Balaban J connectivity index is 0.000000980. The van der Waals surface area contributed by atoms with E-state index in [4.69, 9.17) is 0 Å². The van der Waals surface area contributed by atoms with Crippen LogP contribution in [-0.4, -0.2) is 5.91 Å². The number of anilines is 1. The number of aryl methyl sites for hydroxylation is 1. The van der Waals surface area contributed by atoms with Crippen molar-refractivity contribution in [2.75, 3.05) is 5.32 Å². The molecule has 1 aliphatic heterocycles. The minimum Gasteiger partial charge on any atom is -0.326 e. The van der Waals surface area contributed by atoms with Gasteiger partial charge in [0.2, 0.25) is 5.91 Å². The van der Waals surface area contributed by atoms with Crippen molar-refractivity contribution in [3.05, 3.63) is 29.8 Å². The Morgan fingerprint density at radius 2 is 2.07 bits per heavy atom. The quantitative estimate of drug-likeness (QED) is 0.671. The van der Waals surface area contributed by atoms with Crippen LogP contribution in [0.1, 0.15) is 26.3 Å². The number of nitrogens with one attached hydrogen (secondary N) is 1. The topological polar surface area (TPSA) is 29.1 Å². The van der Waals surface area contributed by atoms with Crippen molar-refractivity contribution in [1.29, 1.82) is 0 Å². The van der Waals surface area contributed by atoms with Crippen LogP contribution in [0, 0.1) is 5.92 Å². The zero-order chi connectivity index (χ0) is 9.26. The van der Waals surface area contributed by atoms with Crippen molar-refractivity contribution >= 4 is 11.6 Å². The van der Waals surface area contributed by atoms with Crippen molar-refractivity contribution in [2.24, 2.45) is 5.92 Å². The van der Waals surface area contributed by atoms with E-state index >= 15 is 0 Å². The lowest BCUT2D eigenvalue weighted by atomic mass is 10.0. The molecule has 76 valence electrons. The molecule has 1 aromatic rings. The van der Waals surface area contributed by atoms with Gasteiger partial charge in [-0.15, -0.1) is 0 Å². The van der Waals surface area contributed by atoms with E-state index in [1.807, 2.05) is 25.1 Å². The summed E-state index contributed by atoms with van der Waals surface area (Å²) in [6.07, 6.45) is 1.94. The number of para-hydroxylation sites is 1. The van der Waals surface area contributed by atoms with Gasteiger partial charge in [-0.25, -0.2) is 0 Å². The molecule has 1 unspecified atom stereocenters. The van der Waals surface area contributed by atoms with E-state index in [2.05, 4.69) is 11.4 Å². The Kier molecular flexibility index (Phi) is 3.28. The first-order valence-electron chi connectivity index (χ1n) is 4.66. The molecule has 0 bridgehead atoms. The van der Waals surface area contributed by atoms with Crippen LogP contribution in [0.5, 0.6) is 0 Å². The highest BCUT2D eigenvalue weighted by atomic mass is 16.1. The van der Waals surface area contributed by atoms with Crippen LogP contribution in [0.15, 0.2) is 24.3 Å². The number of rotatable bonds is 0. The second-order valence-corrected chi connectivity index (χ2v) is 3.59. The molecule has 0 aromatic heterocycles. The molecule has 0 aliphatic carbocycles. The number of benzene rings is 1. The highest BCUT2D eigenvalue weighted by molar-refractivity contribution is 5.93. The molecule has 1 atom stereocenters. The maximum absolute atomic E-state index is 11.5. The lowest BCUT2D eigenvalue weighted by molar-refractivity contribution is -0.119. The number of carbonyl (C=O) groups is 1. The van der Waals surface area contributed by atoms with Crippen molar-refractivity contribution in [3.8, 4) is 0 Å². The van der Waals surface area contributed by atoms with Gasteiger partial charge >= 0.3 is 0 Å². The van der Waals surface area contributed by atoms with E-state index in [0.717, 1.165) is 18.5 Å². The molecular weight excluding hydrogens is 174 g/mol. The Morgan fingerprint density at radius 3 is 2.86 bits per heavy atom. The van der Waals surface area contributed by atoms with Crippen LogP contribution in [-0.2, 0) is 11.2 Å². The molecule has 0 radical (unpaired) electrons. The average molecular weight is 191 g/mol. The lowest BCUT2D eigenvalue weighted by Crippen LogP contribution is -2.18. The van der Waals surface area contributed by atoms with Crippen molar-refractivity contribution in [2.45, 2.75) is 27.2 Å². The van der Waals surface area contributed by atoms with Crippen LogP contribution in [0.25, 0.3) is 0 Å². The molecule has 1 aliphatic rings. The van der Waals surface area contributed by atoms with Crippen molar-refractivity contribution < 1.29 is 4.79 Å². The first-order valence-corrected chi connectivity index (χ1v) is 4.66. The van der Waals surface area contributed by atoms with Gasteiger partial charge in [0, 0.05) is 11.6 Å². The van der Waals surface area contributed by atoms with Gasteiger partial charge in [-0.3, -0.25) is 4.79 Å². The molecule has 2 nitrogen and oxygen atoms in total. The second kappa shape index (κ2) is 4.27. The van der Waals surface area contributed by atoms with Gasteiger partial charge in [-0.05, 0) is 24.5 Å². The van der Waals surface area contributed by atoms with Crippen LogP contribution in [0.4, 0.5) is 5.69 Å². The Hall–Kier alpha value is -1.31. The number of hydrogen-bond acceptors (Lipinski definition) is 1. The maximum atomic E-state index is 11.5. The summed E-state index contributed by atoms with van der Waals surface area (Å²) >= 11 is 0. The Labute approximate surface area is 85.3 Å². The van der Waals surface area contributed by atoms with E-state index < -0.39 is 0 Å². The lowest BCUT2D eigenvalue weighted by Gasteiger charge is -2.06. The van der Waals surface area contributed by atoms with Gasteiger partial charge in [0.25, 0.3) is 0 Å². The zero-order valence-electron chi connectivity index (χ0n) is 7.71. The second-order valence-electron chi connectivity index (χ2n) is 3.59. The molecule has 0 saturated carbocycles. The van der Waals surface area contributed by atoms with Gasteiger partial charge < -0.3 is 5.32 Å². The third kappa shape index (κ3) is 1.95. The monoisotopic (exact) mass is 191 g/mol. The molecule has 0 fully saturated rings. The Morgan fingerprint density at radius 1 is 1.36 bits per heavy atom. The highest BCUT2D eigenvalue weighted by Gasteiger charge is 2.18. The maximum Gasteiger partial charge on any atom is 0.227 e. The predicted octanol–water partition coefficient (Wildman–Crippen LogP) is 2.84. The summed E-state index contributed by atoms with van der Waals surface area (Å²) in [5.74, 6) is 0.275. The first-order chi connectivity index (χ1) is 6.27. The number of amides is 1. The number of hydrogen-bond donors (Lipinski definition) is 1. The first kappa shape index (κ1) is 10.8. The molecule has 1 N–H and O–H groups in total. The summed E-state index contributed by atoms with van der Waals surface area (Å²) in [5.41, 5.74) is 2.23. The smallest absolute Gasteiger partial charge is 0.227 e. The molecule has 1 amide bonds. The standard InChI is InChI=1S/C11H13NO.CH4/c1-8-6-7-9-4-2-3-5-10(9)12-11(8)13;/h2-5,8H,6-7H2,1H3,(H,12,13);1H4. The van der Waals surface area contributed by atoms with E-state index in [1.165, 1.54) is 5.56 Å². The molecule has 1 aromatic carbocycles. The van der Waals surface area contributed by atoms with Crippen molar-refractivity contribution in [3.63, 3.8) is 0 Å². The van der Waals surface area contributed by atoms with Gasteiger partial charge in [-0.1, -0.05) is 32.5 Å². The third-order valence-corrected chi connectivity index (χ3v) is 2.57. The summed E-state index contributed by atoms with van der Waals surface area (Å²) in [7, 11) is 0. The molecule has 14 heavy (non-hydrogen) atoms. The van der Waals surface area contributed by atoms with E-state index in [0.29, 0.717) is 0 Å². The summed E-state index contributed by atoms with van der Waals surface area (Å²) in [4.78, 5) is 11.5. The van der Waals surface area contributed by atoms with E-state index in [9.17, 15) is 4.79 Å². The summed E-state index contributed by atoms with van der Waals surface area (Å²) < 4.78 is 0. The zero-order valence-corrected chi connectivity index (χ0v) is 7.71. The fourth-order valence-electron chi connectivity index (χ4n) is 1.62. The van der Waals surface area contributed by atoms with Crippen LogP contribution < -0.4 is 5.32 Å². The summed E-state index contributed by atoms with van der Waals surface area (Å²) in [5, 5.41) is 2.93. The minimum atomic E-state index is 0. The van der Waals surface area contributed by atoms with Crippen molar-refractivity contribution in [1.82, 2.24) is 0 Å². The minimum absolute atomic E-state index is 0. The summed E-state index contributed by atoms with van der Waals surface area (Å²) in [6, 6.07) is 8.01. The third-order valence-electron chi connectivity index (χ3n) is 2.57. The number of carbonyl (C=O) groups excluding carboxylic acids is 1. The molecule has 0 saturated heterocycles. The predicted molar refractivity (Wildman–Crippen MR) is 59.3 cm³/mol. The SMILES string of the molecule is C.CC1CCc2ccccc2NC1=O. The summed E-state index contributed by atoms with van der Waals surface area (Å²) in [6.45, 7) is 1.97.